The number of nitrogen functional groups attached to an aromatic ring is 1. The third-order valence-corrected chi connectivity index (χ3v) is 7.43. The van der Waals surface area contributed by atoms with Crippen LogP contribution in [0.5, 0.6) is 0 Å². The summed E-state index contributed by atoms with van der Waals surface area (Å²) in [6.45, 7) is 0. The van der Waals surface area contributed by atoms with Gasteiger partial charge in [-0.25, -0.2) is 4.98 Å². The summed E-state index contributed by atoms with van der Waals surface area (Å²) in [5.41, 5.74) is 11.3. The van der Waals surface area contributed by atoms with Crippen LogP contribution in [0.3, 0.4) is 0 Å². The summed E-state index contributed by atoms with van der Waals surface area (Å²) in [4.78, 5) is 20.4. The van der Waals surface area contributed by atoms with Crippen LogP contribution in [0, 0.1) is 0 Å². The van der Waals surface area contributed by atoms with E-state index in [9.17, 15) is 4.79 Å². The van der Waals surface area contributed by atoms with Crippen LogP contribution in [0.25, 0.3) is 20.7 Å². The highest BCUT2D eigenvalue weighted by Crippen LogP contribution is 2.45. The van der Waals surface area contributed by atoms with E-state index in [2.05, 4.69) is 22.8 Å². The number of halogens is 1. The molecule has 3 heterocycles. The van der Waals surface area contributed by atoms with Crippen molar-refractivity contribution in [1.29, 1.82) is 0 Å². The number of amides is 1. The van der Waals surface area contributed by atoms with Crippen LogP contribution in [0.4, 0.5) is 11.4 Å². The first-order chi connectivity index (χ1) is 14.1. The van der Waals surface area contributed by atoms with Crippen LogP contribution in [-0.4, -0.2) is 10.9 Å². The van der Waals surface area contributed by atoms with Crippen LogP contribution in [0.15, 0.2) is 41.8 Å². The Balaban J connectivity index is 1.66. The van der Waals surface area contributed by atoms with E-state index in [0.717, 1.165) is 47.2 Å². The minimum Gasteiger partial charge on any atom is -0.397 e. The number of nitrogens with zero attached hydrogens (tertiary/aromatic N) is 1. The molecule has 7 heteroatoms. The lowest BCUT2D eigenvalue weighted by Gasteiger charge is -2.19. The van der Waals surface area contributed by atoms with Gasteiger partial charge in [-0.2, -0.15) is 0 Å². The Morgan fingerprint density at radius 3 is 2.83 bits per heavy atom. The van der Waals surface area contributed by atoms with Crippen LogP contribution in [-0.2, 0) is 12.8 Å². The minimum atomic E-state index is -0.233. The van der Waals surface area contributed by atoms with Gasteiger partial charge < -0.3 is 11.1 Å². The number of anilines is 2. The van der Waals surface area contributed by atoms with Crippen LogP contribution in [0.1, 0.15) is 33.8 Å². The van der Waals surface area contributed by atoms with E-state index < -0.39 is 0 Å². The number of nitrogens with one attached hydrogen (secondary N) is 1. The van der Waals surface area contributed by atoms with Crippen molar-refractivity contribution in [2.45, 2.75) is 25.7 Å². The average Bonchev–Trinajstić information content (AvgIpc) is 3.35. The molecule has 0 atom stereocenters. The Kier molecular flexibility index (Phi) is 4.78. The molecule has 4 aromatic rings. The van der Waals surface area contributed by atoms with Crippen molar-refractivity contribution in [1.82, 2.24) is 4.98 Å². The van der Waals surface area contributed by atoms with Crippen LogP contribution >= 0.6 is 34.3 Å². The predicted octanol–water partition coefficient (Wildman–Crippen LogP) is 6.39. The number of thiophene rings is 2. The number of carbonyl (C=O) groups is 1. The lowest BCUT2D eigenvalue weighted by molar-refractivity contribution is 0.103. The summed E-state index contributed by atoms with van der Waals surface area (Å²) in [5.74, 6) is -0.233. The molecule has 0 bridgehead atoms. The Bertz CT molecular complexity index is 1230. The largest absolute Gasteiger partial charge is 0.397 e. The summed E-state index contributed by atoms with van der Waals surface area (Å²) in [7, 11) is 0. The topological polar surface area (TPSA) is 68.0 Å². The van der Waals surface area contributed by atoms with Crippen molar-refractivity contribution < 1.29 is 4.79 Å². The molecular weight excluding hydrogens is 422 g/mol. The van der Waals surface area contributed by atoms with Crippen molar-refractivity contribution in [2.24, 2.45) is 0 Å². The highest BCUT2D eigenvalue weighted by atomic mass is 35.5. The molecule has 0 saturated heterocycles. The zero-order valence-electron chi connectivity index (χ0n) is 15.5. The van der Waals surface area contributed by atoms with E-state index in [0.29, 0.717) is 21.3 Å². The molecule has 0 saturated carbocycles. The average molecular weight is 440 g/mol. The monoisotopic (exact) mass is 439 g/mol. The zero-order chi connectivity index (χ0) is 20.0. The highest BCUT2D eigenvalue weighted by Gasteiger charge is 2.26. The fourth-order valence-corrected chi connectivity index (χ4v) is 5.94. The van der Waals surface area contributed by atoms with Gasteiger partial charge in [-0.05, 0) is 60.9 Å². The molecule has 1 amide bonds. The standard InChI is InChI=1S/C22H18ClN3OS2/c23-12-5-3-6-13(11-12)25-21(27)20-19(24)18-17(16-9-4-10-28-16)14-7-1-2-8-15(14)26-22(18)29-20/h3-6,9-11H,1-2,7-8,24H2,(H,25,27). The summed E-state index contributed by atoms with van der Waals surface area (Å²) in [6.07, 6.45) is 4.29. The van der Waals surface area contributed by atoms with Crippen molar-refractivity contribution in [2.75, 3.05) is 11.1 Å². The second-order valence-corrected chi connectivity index (χ2v) is 9.47. The first-order valence-electron chi connectivity index (χ1n) is 9.46. The number of carbonyl (C=O) groups excluding carboxylic acids is 1. The van der Waals surface area contributed by atoms with Gasteiger partial charge in [0.25, 0.3) is 5.91 Å². The number of aryl methyl sites for hydroxylation is 1. The maximum Gasteiger partial charge on any atom is 0.267 e. The first kappa shape index (κ1) is 18.6. The Labute approximate surface area is 181 Å². The Morgan fingerprint density at radius 1 is 1.17 bits per heavy atom. The number of hydrogen-bond donors (Lipinski definition) is 2. The lowest BCUT2D eigenvalue weighted by atomic mass is 9.90. The van der Waals surface area contributed by atoms with E-state index >= 15 is 0 Å². The van der Waals surface area contributed by atoms with Gasteiger partial charge in [-0.15, -0.1) is 22.7 Å². The number of hydrogen-bond acceptors (Lipinski definition) is 5. The summed E-state index contributed by atoms with van der Waals surface area (Å²) in [5, 5.41) is 6.46. The molecule has 3 N–H and O–H groups in total. The number of nitrogens with two attached hydrogens (primary N) is 1. The van der Waals surface area contributed by atoms with Gasteiger partial charge in [0.05, 0.1) is 5.69 Å². The number of fused-ring (bicyclic) bond motifs is 2. The number of rotatable bonds is 3. The van der Waals surface area contributed by atoms with Crippen molar-refractivity contribution in [3.05, 3.63) is 62.9 Å². The fourth-order valence-electron chi connectivity index (χ4n) is 3.92. The lowest BCUT2D eigenvalue weighted by Crippen LogP contribution is -2.12. The van der Waals surface area contributed by atoms with Gasteiger partial charge in [0.1, 0.15) is 9.71 Å². The van der Waals surface area contributed by atoms with Crippen molar-refractivity contribution >= 4 is 61.8 Å². The van der Waals surface area contributed by atoms with E-state index in [1.165, 1.54) is 21.8 Å². The molecule has 0 unspecified atom stereocenters. The summed E-state index contributed by atoms with van der Waals surface area (Å²) >= 11 is 9.10. The van der Waals surface area contributed by atoms with E-state index in [1.807, 2.05) is 0 Å². The second-order valence-electron chi connectivity index (χ2n) is 7.09. The van der Waals surface area contributed by atoms with Crippen LogP contribution < -0.4 is 11.1 Å². The van der Waals surface area contributed by atoms with Crippen molar-refractivity contribution in [3.8, 4) is 10.4 Å². The number of benzene rings is 1. The molecule has 5 rings (SSSR count). The molecule has 1 aliphatic carbocycles. The Hall–Kier alpha value is -2.41. The maximum absolute atomic E-state index is 13.0. The zero-order valence-corrected chi connectivity index (χ0v) is 17.9. The van der Waals surface area contributed by atoms with E-state index in [1.54, 1.807) is 35.6 Å². The van der Waals surface area contributed by atoms with Gasteiger partial charge in [-0.1, -0.05) is 23.7 Å². The van der Waals surface area contributed by atoms with Gasteiger partial charge in [0.15, 0.2) is 0 Å². The third-order valence-electron chi connectivity index (χ3n) is 5.21. The molecule has 146 valence electrons. The van der Waals surface area contributed by atoms with Gasteiger partial charge in [-0.3, -0.25) is 4.79 Å². The highest BCUT2D eigenvalue weighted by molar-refractivity contribution is 7.21. The smallest absolute Gasteiger partial charge is 0.267 e. The molecule has 0 aliphatic heterocycles. The maximum atomic E-state index is 13.0. The van der Waals surface area contributed by atoms with Crippen LogP contribution in [0.2, 0.25) is 5.02 Å². The summed E-state index contributed by atoms with van der Waals surface area (Å²) in [6, 6.07) is 11.3. The molecule has 1 aliphatic rings. The van der Waals surface area contributed by atoms with E-state index in [-0.39, 0.29) is 5.91 Å². The normalized spacial score (nSPS) is 13.4. The first-order valence-corrected chi connectivity index (χ1v) is 11.5. The van der Waals surface area contributed by atoms with Gasteiger partial charge >= 0.3 is 0 Å². The molecule has 0 fully saturated rings. The number of aromatic nitrogens is 1. The minimum absolute atomic E-state index is 0.233. The number of pyridine rings is 1. The Morgan fingerprint density at radius 2 is 2.03 bits per heavy atom. The van der Waals surface area contributed by atoms with E-state index in [4.69, 9.17) is 22.3 Å². The molecule has 0 radical (unpaired) electrons. The molecule has 4 nitrogen and oxygen atoms in total. The predicted molar refractivity (Wildman–Crippen MR) is 123 cm³/mol. The molecule has 0 spiro atoms. The summed E-state index contributed by atoms with van der Waals surface area (Å²) < 4.78 is 0. The SMILES string of the molecule is Nc1c(C(=O)Nc2cccc(Cl)c2)sc2nc3c(c(-c4cccs4)c12)CCCC3. The fraction of sp³-hybridized carbons (Fsp3) is 0.182. The molecule has 29 heavy (non-hydrogen) atoms. The molecule has 1 aromatic carbocycles. The molecular formula is C22H18ClN3OS2. The van der Waals surface area contributed by atoms with Crippen molar-refractivity contribution in [3.63, 3.8) is 0 Å². The third kappa shape index (κ3) is 3.31. The second kappa shape index (κ2) is 7.44. The molecule has 3 aromatic heterocycles. The quantitative estimate of drug-likeness (QED) is 0.388. The van der Waals surface area contributed by atoms with Gasteiger partial charge in [0, 0.05) is 32.2 Å². The van der Waals surface area contributed by atoms with Gasteiger partial charge in [0.2, 0.25) is 0 Å².